The predicted octanol–water partition coefficient (Wildman–Crippen LogP) is 4.30. The lowest BCUT2D eigenvalue weighted by molar-refractivity contribution is 0.0995. The van der Waals surface area contributed by atoms with Crippen LogP contribution in [0.5, 0.6) is 5.88 Å². The van der Waals surface area contributed by atoms with E-state index in [-0.39, 0.29) is 11.6 Å². The highest BCUT2D eigenvalue weighted by Crippen LogP contribution is 2.49. The van der Waals surface area contributed by atoms with Crippen LogP contribution in [0.25, 0.3) is 11.0 Å². The van der Waals surface area contributed by atoms with Gasteiger partial charge < -0.3 is 14.3 Å². The average molecular weight is 540 g/mol. The fourth-order valence-corrected chi connectivity index (χ4v) is 5.69. The van der Waals surface area contributed by atoms with Crippen molar-refractivity contribution in [1.29, 1.82) is 5.26 Å². The standard InChI is InChI=1S/C30H30FN7O2/c31-22-9-7-21(8-10-22)28(39)36-29-35-24-19-34-27(40-15-14-37-12-4-1-5-13-37)16-25(24)38(29)23-17-30(18-23,20-32)26-6-2-3-11-33-26/h2-3,6-11,16,19,23H,1,4-5,12-15,17-18H2,(H,35,36,39)/t23-,30-. The maximum absolute atomic E-state index is 13.4. The predicted molar refractivity (Wildman–Crippen MR) is 146 cm³/mol. The number of piperidine rings is 1. The third kappa shape index (κ3) is 5.12. The summed E-state index contributed by atoms with van der Waals surface area (Å²) in [6.07, 6.45) is 8.13. The van der Waals surface area contributed by atoms with Crippen LogP contribution in [0.3, 0.4) is 0 Å². The quantitative estimate of drug-likeness (QED) is 0.375. The van der Waals surface area contributed by atoms with Crippen molar-refractivity contribution in [1.82, 2.24) is 24.4 Å². The zero-order valence-electron chi connectivity index (χ0n) is 22.1. The molecular formula is C30H30FN7O2. The molecule has 3 aromatic heterocycles. The second-order valence-corrected chi connectivity index (χ2v) is 10.5. The Balaban J connectivity index is 1.33. The van der Waals surface area contributed by atoms with Gasteiger partial charge in [-0.1, -0.05) is 12.5 Å². The van der Waals surface area contributed by atoms with E-state index in [1.807, 2.05) is 28.8 Å². The van der Waals surface area contributed by atoms with Gasteiger partial charge in [-0.25, -0.2) is 9.37 Å². The van der Waals surface area contributed by atoms with Crippen molar-refractivity contribution in [3.8, 4) is 11.9 Å². The van der Waals surface area contributed by atoms with Crippen molar-refractivity contribution in [3.05, 3.63) is 83.6 Å². The van der Waals surface area contributed by atoms with E-state index in [1.54, 1.807) is 12.4 Å². The molecule has 10 heteroatoms. The molecule has 0 unspecified atom stereocenters. The maximum Gasteiger partial charge on any atom is 0.280 e. The Hall–Kier alpha value is -4.36. The molecule has 1 saturated heterocycles. The fourth-order valence-electron chi connectivity index (χ4n) is 5.69. The van der Waals surface area contributed by atoms with Gasteiger partial charge in [-0.15, -0.1) is 0 Å². The minimum Gasteiger partial charge on any atom is -0.476 e. The van der Waals surface area contributed by atoms with Crippen molar-refractivity contribution in [3.63, 3.8) is 0 Å². The molecule has 9 nitrogen and oxygen atoms in total. The number of pyridine rings is 2. The molecule has 4 aromatic rings. The third-order valence-electron chi connectivity index (χ3n) is 7.90. The lowest BCUT2D eigenvalue weighted by Gasteiger charge is -2.42. The lowest BCUT2D eigenvalue weighted by Crippen LogP contribution is -2.44. The van der Waals surface area contributed by atoms with E-state index in [2.05, 4.69) is 30.9 Å². The van der Waals surface area contributed by atoms with Gasteiger partial charge in [-0.05, 0) is 75.2 Å². The number of ether oxygens (including phenoxy) is 1. The third-order valence-corrected chi connectivity index (χ3v) is 7.90. The first kappa shape index (κ1) is 25.9. The number of imidazole rings is 1. The highest BCUT2D eigenvalue weighted by molar-refractivity contribution is 5.94. The minimum absolute atomic E-state index is 0.112. The molecule has 1 saturated carbocycles. The number of nitrogens with zero attached hydrogens (tertiary/aromatic N) is 6. The molecule has 0 atom stereocenters. The second-order valence-electron chi connectivity index (χ2n) is 10.5. The van der Waals surface area contributed by atoms with Crippen LogP contribution in [0, 0.1) is 17.1 Å². The number of benzene rings is 1. The summed E-state index contributed by atoms with van der Waals surface area (Å²) in [6.45, 7) is 3.57. The van der Waals surface area contributed by atoms with Gasteiger partial charge in [0.15, 0.2) is 0 Å². The van der Waals surface area contributed by atoms with Crippen LogP contribution in [0.15, 0.2) is 65.9 Å². The number of hydrogen-bond donors (Lipinski definition) is 1. The number of H-pyrrole nitrogens is 1. The molecule has 0 bridgehead atoms. The van der Waals surface area contributed by atoms with Crippen LogP contribution >= 0.6 is 0 Å². The molecule has 6 rings (SSSR count). The molecule has 1 aromatic carbocycles. The topological polar surface area (TPSA) is 112 Å². The van der Waals surface area contributed by atoms with Crippen LogP contribution in [-0.2, 0) is 5.41 Å². The lowest BCUT2D eigenvalue weighted by atomic mass is 9.64. The SMILES string of the molecule is N#C[C@]1(c2ccccn2)C[C@H](n2/c(=N/C(=O)c3ccc(F)cc3)[nH]c3cnc(OCCN4CCCCC4)cc32)C1. The smallest absolute Gasteiger partial charge is 0.280 e. The van der Waals surface area contributed by atoms with Gasteiger partial charge in [-0.3, -0.25) is 14.7 Å². The van der Waals surface area contributed by atoms with E-state index in [4.69, 9.17) is 4.74 Å². The highest BCUT2D eigenvalue weighted by Gasteiger charge is 2.48. The van der Waals surface area contributed by atoms with Crippen LogP contribution in [0.2, 0.25) is 0 Å². The minimum atomic E-state index is -0.721. The maximum atomic E-state index is 13.4. The second kappa shape index (κ2) is 11.0. The number of nitrogens with one attached hydrogen (secondary N) is 1. The number of carbonyl (C=O) groups excluding carboxylic acids is 1. The van der Waals surface area contributed by atoms with Crippen LogP contribution in [0.4, 0.5) is 4.39 Å². The van der Waals surface area contributed by atoms with Gasteiger partial charge >= 0.3 is 0 Å². The van der Waals surface area contributed by atoms with Gasteiger partial charge in [-0.2, -0.15) is 10.3 Å². The zero-order chi connectivity index (χ0) is 27.5. The van der Waals surface area contributed by atoms with Crippen LogP contribution in [0.1, 0.15) is 54.2 Å². The van der Waals surface area contributed by atoms with Gasteiger partial charge in [0.2, 0.25) is 11.5 Å². The number of carbonyl (C=O) groups is 1. The summed E-state index contributed by atoms with van der Waals surface area (Å²) in [5.41, 5.74) is 2.11. The zero-order valence-corrected chi connectivity index (χ0v) is 22.1. The first-order valence-electron chi connectivity index (χ1n) is 13.7. The van der Waals surface area contributed by atoms with E-state index in [0.29, 0.717) is 36.5 Å². The normalized spacial score (nSPS) is 21.6. The van der Waals surface area contributed by atoms with Crippen molar-refractivity contribution >= 4 is 16.9 Å². The summed E-state index contributed by atoms with van der Waals surface area (Å²) >= 11 is 0. The van der Waals surface area contributed by atoms with Gasteiger partial charge in [0, 0.05) is 30.4 Å². The number of rotatable bonds is 7. The number of halogens is 1. The number of hydrogen-bond acceptors (Lipinski definition) is 6. The van der Waals surface area contributed by atoms with Gasteiger partial charge in [0.25, 0.3) is 5.91 Å². The Kier molecular flexibility index (Phi) is 7.13. The Bertz CT molecular complexity index is 1610. The largest absolute Gasteiger partial charge is 0.476 e. The summed E-state index contributed by atoms with van der Waals surface area (Å²) in [4.78, 5) is 31.9. The van der Waals surface area contributed by atoms with Crippen LogP contribution in [-0.4, -0.2) is 56.6 Å². The Morgan fingerprint density at radius 3 is 2.67 bits per heavy atom. The Morgan fingerprint density at radius 2 is 1.95 bits per heavy atom. The molecule has 1 N–H and O–H groups in total. The first-order chi connectivity index (χ1) is 19.5. The molecule has 0 spiro atoms. The Morgan fingerprint density at radius 1 is 1.15 bits per heavy atom. The Labute approximate surface area is 231 Å². The van der Waals surface area contributed by atoms with Gasteiger partial charge in [0.1, 0.15) is 17.8 Å². The molecule has 0 radical (unpaired) electrons. The number of aromatic nitrogens is 4. The summed E-state index contributed by atoms with van der Waals surface area (Å²) in [7, 11) is 0. The van der Waals surface area contributed by atoms with E-state index in [0.717, 1.165) is 30.8 Å². The summed E-state index contributed by atoms with van der Waals surface area (Å²) in [5, 5.41) is 10.1. The molecule has 204 valence electrons. The summed E-state index contributed by atoms with van der Waals surface area (Å²) in [5.74, 6) is -0.431. The molecular weight excluding hydrogens is 509 g/mol. The van der Waals surface area contributed by atoms with Crippen molar-refractivity contribution in [2.45, 2.75) is 43.6 Å². The number of amides is 1. The first-order valence-corrected chi connectivity index (χ1v) is 13.7. The van der Waals surface area contributed by atoms with E-state index in [9.17, 15) is 14.4 Å². The molecule has 1 aliphatic heterocycles. The molecule has 40 heavy (non-hydrogen) atoms. The van der Waals surface area contributed by atoms with Crippen molar-refractivity contribution in [2.75, 3.05) is 26.2 Å². The number of aromatic amines is 1. The molecule has 4 heterocycles. The van der Waals surface area contributed by atoms with E-state index >= 15 is 0 Å². The van der Waals surface area contributed by atoms with Crippen LogP contribution < -0.4 is 10.4 Å². The number of fused-ring (bicyclic) bond motifs is 1. The molecule has 2 fully saturated rings. The number of nitriles is 1. The van der Waals surface area contributed by atoms with Crippen molar-refractivity contribution < 1.29 is 13.9 Å². The molecule has 1 amide bonds. The van der Waals surface area contributed by atoms with E-state index < -0.39 is 17.1 Å². The highest BCUT2D eigenvalue weighted by atomic mass is 19.1. The molecule has 2 aliphatic rings. The summed E-state index contributed by atoms with van der Waals surface area (Å²) in [6, 6.07) is 15.1. The van der Waals surface area contributed by atoms with Gasteiger partial charge in [0.05, 0.1) is 29.0 Å². The fraction of sp³-hybridized carbons (Fsp3) is 0.367. The number of likely N-dealkylation sites (tertiary alicyclic amines) is 1. The summed E-state index contributed by atoms with van der Waals surface area (Å²) < 4.78 is 21.4. The monoisotopic (exact) mass is 539 g/mol. The van der Waals surface area contributed by atoms with Crippen molar-refractivity contribution in [2.24, 2.45) is 4.99 Å². The van der Waals surface area contributed by atoms with E-state index in [1.165, 1.54) is 43.5 Å². The molecule has 1 aliphatic carbocycles. The average Bonchev–Trinajstić information content (AvgIpc) is 3.31.